The van der Waals surface area contributed by atoms with Gasteiger partial charge in [-0.2, -0.15) is 0 Å². The van der Waals surface area contributed by atoms with Crippen LogP contribution in [0.2, 0.25) is 0 Å². The zero-order chi connectivity index (χ0) is 18.6. The average Bonchev–Trinajstić information content (AvgIpc) is 2.72. The van der Waals surface area contributed by atoms with Gasteiger partial charge >= 0.3 is 0 Å². The Morgan fingerprint density at radius 3 is 2.52 bits per heavy atom. The van der Waals surface area contributed by atoms with E-state index in [0.717, 1.165) is 29.6 Å². The van der Waals surface area contributed by atoms with E-state index in [1.807, 2.05) is 6.08 Å². The molecule has 3 aliphatic rings. The Bertz CT molecular complexity index is 667. The molecule has 4 rings (SSSR count). The Morgan fingerprint density at radius 2 is 1.70 bits per heavy atom. The minimum atomic E-state index is 0.945. The van der Waals surface area contributed by atoms with Gasteiger partial charge in [-0.3, -0.25) is 0 Å². The molecule has 0 saturated heterocycles. The first kappa shape index (κ1) is 19.0. The van der Waals surface area contributed by atoms with E-state index in [1.165, 1.54) is 76.2 Å². The highest BCUT2D eigenvalue weighted by Gasteiger charge is 2.38. The normalized spacial score (nSPS) is 33.4. The summed E-state index contributed by atoms with van der Waals surface area (Å²) in [5, 5.41) is 0. The molecular weight excluding hydrogens is 324 g/mol. The lowest BCUT2D eigenvalue weighted by atomic mass is 9.61. The first-order chi connectivity index (χ1) is 13.3. The third kappa shape index (κ3) is 4.41. The van der Waals surface area contributed by atoms with Gasteiger partial charge in [0.15, 0.2) is 0 Å². The summed E-state index contributed by atoms with van der Waals surface area (Å²) in [5.74, 6) is 5.06. The lowest BCUT2D eigenvalue weighted by Crippen LogP contribution is -2.35. The Kier molecular flexibility index (Phi) is 6.21. The zero-order valence-corrected chi connectivity index (χ0v) is 17.3. The quantitative estimate of drug-likeness (QED) is 0.472. The van der Waals surface area contributed by atoms with E-state index in [9.17, 15) is 0 Å². The third-order valence-electron chi connectivity index (χ3n) is 8.14. The Balaban J connectivity index is 1.32. The molecule has 146 valence electrons. The maximum Gasteiger partial charge on any atom is -0.0245 e. The van der Waals surface area contributed by atoms with Crippen LogP contribution in [0.4, 0.5) is 0 Å². The van der Waals surface area contributed by atoms with Gasteiger partial charge in [0.25, 0.3) is 0 Å². The topological polar surface area (TPSA) is 0 Å². The predicted octanol–water partition coefficient (Wildman–Crippen LogP) is 7.62. The van der Waals surface area contributed by atoms with Crippen LogP contribution in [0.25, 0.3) is 6.08 Å². The molecule has 0 heterocycles. The lowest BCUT2D eigenvalue weighted by Gasteiger charge is -2.45. The Labute approximate surface area is 167 Å². The van der Waals surface area contributed by atoms with Crippen LogP contribution in [0.1, 0.15) is 81.4 Å². The summed E-state index contributed by atoms with van der Waals surface area (Å²) >= 11 is 0. The van der Waals surface area contributed by atoms with Crippen molar-refractivity contribution in [3.63, 3.8) is 0 Å². The van der Waals surface area contributed by atoms with Crippen molar-refractivity contribution in [2.24, 2.45) is 29.6 Å². The molecule has 3 unspecified atom stereocenters. The van der Waals surface area contributed by atoms with Gasteiger partial charge in [-0.05, 0) is 117 Å². The molecule has 0 N–H and O–H groups in total. The minimum absolute atomic E-state index is 0.945. The van der Waals surface area contributed by atoms with E-state index < -0.39 is 0 Å². The molecule has 3 aliphatic carbocycles. The fourth-order valence-corrected chi connectivity index (χ4v) is 6.54. The third-order valence-corrected chi connectivity index (χ3v) is 8.14. The minimum Gasteiger partial charge on any atom is -0.0985 e. The highest BCUT2D eigenvalue weighted by atomic mass is 14.4. The molecule has 0 aromatic heterocycles. The second kappa shape index (κ2) is 8.80. The molecular formula is C27H38. The number of rotatable bonds is 5. The number of hydrogen-bond donors (Lipinski definition) is 0. The lowest BCUT2D eigenvalue weighted by molar-refractivity contribution is 0.0699. The fraction of sp³-hybridized carbons (Fsp3) is 0.630. The molecule has 0 amide bonds. The van der Waals surface area contributed by atoms with Crippen LogP contribution in [0.3, 0.4) is 0 Å². The predicted molar refractivity (Wildman–Crippen MR) is 118 cm³/mol. The standard InChI is InChI=1S/C27H38/c1-3-5-6-7-21-9-11-25-19-27(15-13-23(25)17-21)26-14-12-22-16-20(4-2)8-10-24(22)18-26/h3-5,8,10,16,21,23,25-27H,2,6-7,9,11-15,17-19H2,1H3/t21-,23?,25-,26?,27?/m1/s1. The van der Waals surface area contributed by atoms with Crippen molar-refractivity contribution in [3.05, 3.63) is 53.6 Å². The molecule has 0 radical (unpaired) electrons. The van der Waals surface area contributed by atoms with Gasteiger partial charge in [-0.25, -0.2) is 0 Å². The van der Waals surface area contributed by atoms with Crippen molar-refractivity contribution < 1.29 is 0 Å². The summed E-state index contributed by atoms with van der Waals surface area (Å²) < 4.78 is 0. The summed E-state index contributed by atoms with van der Waals surface area (Å²) in [7, 11) is 0. The highest BCUT2D eigenvalue weighted by Crippen LogP contribution is 2.49. The van der Waals surface area contributed by atoms with Crippen LogP contribution in [0, 0.1) is 29.6 Å². The molecule has 0 aliphatic heterocycles. The van der Waals surface area contributed by atoms with E-state index in [4.69, 9.17) is 0 Å². The molecule has 0 spiro atoms. The van der Waals surface area contributed by atoms with Crippen molar-refractivity contribution in [1.82, 2.24) is 0 Å². The van der Waals surface area contributed by atoms with E-state index in [1.54, 1.807) is 11.1 Å². The molecule has 1 aromatic rings. The molecule has 2 saturated carbocycles. The summed E-state index contributed by atoms with van der Waals surface area (Å²) in [6.07, 6.45) is 22.5. The van der Waals surface area contributed by atoms with Crippen molar-refractivity contribution in [2.75, 3.05) is 0 Å². The maximum absolute atomic E-state index is 3.93. The summed E-state index contributed by atoms with van der Waals surface area (Å²) in [6.45, 7) is 6.08. The van der Waals surface area contributed by atoms with Crippen LogP contribution in [0.5, 0.6) is 0 Å². The summed E-state index contributed by atoms with van der Waals surface area (Å²) in [6, 6.07) is 7.03. The van der Waals surface area contributed by atoms with E-state index in [2.05, 4.69) is 43.9 Å². The van der Waals surface area contributed by atoms with Gasteiger partial charge in [0.05, 0.1) is 0 Å². The summed E-state index contributed by atoms with van der Waals surface area (Å²) in [4.78, 5) is 0. The smallest absolute Gasteiger partial charge is 0.0245 e. The van der Waals surface area contributed by atoms with Crippen molar-refractivity contribution in [1.29, 1.82) is 0 Å². The first-order valence-corrected chi connectivity index (χ1v) is 11.6. The average molecular weight is 363 g/mol. The monoisotopic (exact) mass is 362 g/mol. The number of allylic oxidation sites excluding steroid dienone is 2. The molecule has 0 heteroatoms. The SMILES string of the molecule is C=Cc1ccc2c(c1)CCC(C1CCC3C[C@H](CCC=CC)CC[C@@H]3C1)C2. The van der Waals surface area contributed by atoms with Gasteiger partial charge < -0.3 is 0 Å². The Hall–Kier alpha value is -1.30. The first-order valence-electron chi connectivity index (χ1n) is 11.6. The second-order valence-corrected chi connectivity index (χ2v) is 9.65. The number of benzene rings is 1. The van der Waals surface area contributed by atoms with Gasteiger partial charge in [-0.15, -0.1) is 0 Å². The van der Waals surface area contributed by atoms with E-state index >= 15 is 0 Å². The molecule has 0 bridgehead atoms. The summed E-state index contributed by atoms with van der Waals surface area (Å²) in [5.41, 5.74) is 4.52. The molecule has 5 atom stereocenters. The molecule has 0 nitrogen and oxygen atoms in total. The van der Waals surface area contributed by atoms with Crippen LogP contribution < -0.4 is 0 Å². The van der Waals surface area contributed by atoms with Crippen LogP contribution in [-0.2, 0) is 12.8 Å². The van der Waals surface area contributed by atoms with Crippen molar-refractivity contribution >= 4 is 6.08 Å². The second-order valence-electron chi connectivity index (χ2n) is 9.65. The zero-order valence-electron chi connectivity index (χ0n) is 17.3. The van der Waals surface area contributed by atoms with Crippen LogP contribution >= 0.6 is 0 Å². The highest BCUT2D eigenvalue weighted by molar-refractivity contribution is 5.50. The van der Waals surface area contributed by atoms with E-state index in [-0.39, 0.29) is 0 Å². The fourth-order valence-electron chi connectivity index (χ4n) is 6.54. The number of hydrogen-bond acceptors (Lipinski definition) is 0. The van der Waals surface area contributed by atoms with Crippen molar-refractivity contribution in [2.45, 2.75) is 77.6 Å². The molecule has 27 heavy (non-hydrogen) atoms. The van der Waals surface area contributed by atoms with Crippen LogP contribution in [0.15, 0.2) is 36.9 Å². The largest absolute Gasteiger partial charge is 0.0985 e. The van der Waals surface area contributed by atoms with Gasteiger partial charge in [0.1, 0.15) is 0 Å². The van der Waals surface area contributed by atoms with Crippen LogP contribution in [-0.4, -0.2) is 0 Å². The molecule has 1 aromatic carbocycles. The Morgan fingerprint density at radius 1 is 0.926 bits per heavy atom. The molecule has 2 fully saturated rings. The van der Waals surface area contributed by atoms with Crippen molar-refractivity contribution in [3.8, 4) is 0 Å². The van der Waals surface area contributed by atoms with E-state index in [0.29, 0.717) is 0 Å². The van der Waals surface area contributed by atoms with Gasteiger partial charge in [0, 0.05) is 0 Å². The maximum atomic E-state index is 3.93. The number of aryl methyl sites for hydroxylation is 1. The van der Waals surface area contributed by atoms with Gasteiger partial charge in [0.2, 0.25) is 0 Å². The number of fused-ring (bicyclic) bond motifs is 2. The van der Waals surface area contributed by atoms with Gasteiger partial charge in [-0.1, -0.05) is 49.4 Å².